The molecule has 0 aliphatic carbocycles. The molecule has 1 aromatic carbocycles. The van der Waals surface area contributed by atoms with Gasteiger partial charge in [-0.1, -0.05) is 21.1 Å². The molecule has 0 saturated heterocycles. The highest BCUT2D eigenvalue weighted by molar-refractivity contribution is 9.10. The van der Waals surface area contributed by atoms with Gasteiger partial charge in [-0.25, -0.2) is 4.79 Å². The van der Waals surface area contributed by atoms with Gasteiger partial charge in [-0.2, -0.15) is 0 Å². The normalized spacial score (nSPS) is 10.4. The van der Waals surface area contributed by atoms with Crippen LogP contribution >= 0.6 is 15.9 Å². The number of hydrogen-bond acceptors (Lipinski definition) is 4. The van der Waals surface area contributed by atoms with E-state index in [1.807, 2.05) is 0 Å². The molecule has 2 aromatic rings. The van der Waals surface area contributed by atoms with E-state index in [1.54, 1.807) is 25.1 Å². The average molecular weight is 312 g/mol. The van der Waals surface area contributed by atoms with Crippen LogP contribution in [0.2, 0.25) is 0 Å². The van der Waals surface area contributed by atoms with Crippen molar-refractivity contribution >= 4 is 21.9 Å². The Balaban J connectivity index is 2.66. The van der Waals surface area contributed by atoms with Crippen LogP contribution in [-0.2, 0) is 0 Å². The number of aromatic nitrogens is 1. The summed E-state index contributed by atoms with van der Waals surface area (Å²) in [7, 11) is 1.51. The summed E-state index contributed by atoms with van der Waals surface area (Å²) in [4.78, 5) is 11.2. The van der Waals surface area contributed by atoms with E-state index >= 15 is 0 Å². The third-order valence-corrected chi connectivity index (χ3v) is 2.99. The molecule has 2 rings (SSSR count). The summed E-state index contributed by atoms with van der Waals surface area (Å²) >= 11 is 3.32. The van der Waals surface area contributed by atoms with Crippen molar-refractivity contribution in [1.29, 1.82) is 0 Å². The van der Waals surface area contributed by atoms with Crippen LogP contribution in [0.4, 0.5) is 0 Å². The van der Waals surface area contributed by atoms with Gasteiger partial charge in [0, 0.05) is 10.0 Å². The lowest BCUT2D eigenvalue weighted by atomic mass is 10.1. The summed E-state index contributed by atoms with van der Waals surface area (Å²) in [6.07, 6.45) is 0. The summed E-state index contributed by atoms with van der Waals surface area (Å²) in [5.74, 6) is -0.281. The van der Waals surface area contributed by atoms with E-state index < -0.39 is 5.97 Å². The smallest absolute Gasteiger partial charge is 0.341 e. The summed E-state index contributed by atoms with van der Waals surface area (Å²) in [5.41, 5.74) is 0.898. The average Bonchev–Trinajstić information content (AvgIpc) is 2.70. The topological polar surface area (TPSA) is 72.6 Å². The number of carbonyl (C=O) groups is 1. The first-order chi connectivity index (χ1) is 8.54. The van der Waals surface area contributed by atoms with Crippen LogP contribution in [-0.4, -0.2) is 23.3 Å². The first-order valence-electron chi connectivity index (χ1n) is 5.08. The molecule has 6 heteroatoms. The van der Waals surface area contributed by atoms with Crippen molar-refractivity contribution in [3.8, 4) is 17.0 Å². The molecular weight excluding hydrogens is 302 g/mol. The third kappa shape index (κ3) is 2.11. The van der Waals surface area contributed by atoms with Crippen molar-refractivity contribution in [1.82, 2.24) is 5.16 Å². The summed E-state index contributed by atoms with van der Waals surface area (Å²) < 4.78 is 11.0. The Kier molecular flexibility index (Phi) is 3.38. The van der Waals surface area contributed by atoms with Gasteiger partial charge in [0.2, 0.25) is 0 Å². The van der Waals surface area contributed by atoms with Crippen LogP contribution in [0, 0.1) is 6.92 Å². The monoisotopic (exact) mass is 311 g/mol. The minimum Gasteiger partial charge on any atom is -0.496 e. The van der Waals surface area contributed by atoms with E-state index in [9.17, 15) is 4.79 Å². The molecule has 0 aliphatic heterocycles. The van der Waals surface area contributed by atoms with E-state index in [2.05, 4.69) is 21.1 Å². The number of aromatic carboxylic acids is 1. The van der Waals surface area contributed by atoms with Gasteiger partial charge < -0.3 is 14.4 Å². The number of methoxy groups -OCH3 is 1. The zero-order valence-corrected chi connectivity index (χ0v) is 11.3. The van der Waals surface area contributed by atoms with Crippen molar-refractivity contribution in [2.24, 2.45) is 0 Å². The lowest BCUT2D eigenvalue weighted by Crippen LogP contribution is -2.00. The molecule has 0 aliphatic rings. The van der Waals surface area contributed by atoms with Crippen molar-refractivity contribution in [3.05, 3.63) is 34.0 Å². The first kappa shape index (κ1) is 12.6. The molecule has 0 amide bonds. The Morgan fingerprint density at radius 3 is 2.83 bits per heavy atom. The van der Waals surface area contributed by atoms with Crippen molar-refractivity contribution in [3.63, 3.8) is 0 Å². The van der Waals surface area contributed by atoms with Crippen LogP contribution in [0.1, 0.15) is 16.1 Å². The maximum atomic E-state index is 11.2. The molecule has 18 heavy (non-hydrogen) atoms. The van der Waals surface area contributed by atoms with Crippen LogP contribution in [0.5, 0.6) is 5.75 Å². The van der Waals surface area contributed by atoms with E-state index in [4.69, 9.17) is 14.4 Å². The fourth-order valence-corrected chi connectivity index (χ4v) is 2.01. The zero-order valence-electron chi connectivity index (χ0n) is 9.73. The molecule has 0 saturated carbocycles. The van der Waals surface area contributed by atoms with Gasteiger partial charge in [0.15, 0.2) is 0 Å². The molecule has 0 spiro atoms. The first-order valence-corrected chi connectivity index (χ1v) is 5.87. The Hall–Kier alpha value is -1.82. The van der Waals surface area contributed by atoms with Crippen LogP contribution in [0.15, 0.2) is 27.2 Å². The molecule has 0 unspecified atom stereocenters. The molecular formula is C12H10BrNO4. The fourth-order valence-electron chi connectivity index (χ4n) is 1.67. The fraction of sp³-hybridized carbons (Fsp3) is 0.167. The molecule has 0 fully saturated rings. The van der Waals surface area contributed by atoms with Crippen LogP contribution in [0.3, 0.4) is 0 Å². The standard InChI is InChI=1S/C12H10BrNO4/c1-6-10(12(15)16)11(14-18-6)8-4-3-7(13)5-9(8)17-2/h3-5H,1-2H3,(H,15,16). The number of ether oxygens (including phenoxy) is 1. The van der Waals surface area contributed by atoms with Crippen molar-refractivity contribution in [2.45, 2.75) is 6.92 Å². The Morgan fingerprint density at radius 2 is 2.22 bits per heavy atom. The van der Waals surface area contributed by atoms with E-state index in [1.165, 1.54) is 7.11 Å². The molecule has 1 heterocycles. The highest BCUT2D eigenvalue weighted by Gasteiger charge is 2.23. The van der Waals surface area contributed by atoms with Gasteiger partial charge in [-0.15, -0.1) is 0 Å². The third-order valence-electron chi connectivity index (χ3n) is 2.50. The predicted octanol–water partition coefficient (Wildman–Crippen LogP) is 3.12. The highest BCUT2D eigenvalue weighted by atomic mass is 79.9. The molecule has 0 bridgehead atoms. The van der Waals surface area contributed by atoms with Gasteiger partial charge in [-0.3, -0.25) is 0 Å². The summed E-state index contributed by atoms with van der Waals surface area (Å²) in [5, 5.41) is 13.0. The number of halogens is 1. The predicted molar refractivity (Wildman–Crippen MR) is 67.9 cm³/mol. The number of rotatable bonds is 3. The molecule has 1 aromatic heterocycles. The number of benzene rings is 1. The van der Waals surface area contributed by atoms with E-state index in [0.29, 0.717) is 11.3 Å². The lowest BCUT2D eigenvalue weighted by Gasteiger charge is -2.06. The zero-order chi connectivity index (χ0) is 13.3. The van der Waals surface area contributed by atoms with E-state index in [-0.39, 0.29) is 17.0 Å². The van der Waals surface area contributed by atoms with Crippen LogP contribution in [0.25, 0.3) is 11.3 Å². The minimum absolute atomic E-state index is 0.0515. The molecule has 94 valence electrons. The minimum atomic E-state index is -1.08. The quantitative estimate of drug-likeness (QED) is 0.942. The van der Waals surface area contributed by atoms with E-state index in [0.717, 1.165) is 4.47 Å². The Labute approximate surface area is 111 Å². The number of aryl methyl sites for hydroxylation is 1. The van der Waals surface area contributed by atoms with Crippen molar-refractivity contribution < 1.29 is 19.2 Å². The molecule has 0 radical (unpaired) electrons. The number of carboxylic acid groups (broad SMARTS) is 1. The van der Waals surface area contributed by atoms with Crippen molar-refractivity contribution in [2.75, 3.05) is 7.11 Å². The second kappa shape index (κ2) is 4.81. The molecule has 1 N–H and O–H groups in total. The number of hydrogen-bond donors (Lipinski definition) is 1. The SMILES string of the molecule is COc1cc(Br)ccc1-c1noc(C)c1C(=O)O. The Bertz CT molecular complexity index is 606. The maximum absolute atomic E-state index is 11.2. The number of carboxylic acids is 1. The van der Waals surface area contributed by atoms with Gasteiger partial charge >= 0.3 is 5.97 Å². The van der Waals surface area contributed by atoms with Gasteiger partial charge in [-0.05, 0) is 25.1 Å². The molecule has 0 atom stereocenters. The van der Waals surface area contributed by atoms with Crippen LogP contribution < -0.4 is 4.74 Å². The second-order valence-corrected chi connectivity index (χ2v) is 4.53. The van der Waals surface area contributed by atoms with Gasteiger partial charge in [0.05, 0.1) is 7.11 Å². The summed E-state index contributed by atoms with van der Waals surface area (Å²) in [6, 6.07) is 5.26. The number of nitrogens with zero attached hydrogens (tertiary/aromatic N) is 1. The second-order valence-electron chi connectivity index (χ2n) is 3.61. The largest absolute Gasteiger partial charge is 0.496 e. The Morgan fingerprint density at radius 1 is 1.50 bits per heavy atom. The van der Waals surface area contributed by atoms with Gasteiger partial charge in [0.1, 0.15) is 22.8 Å². The van der Waals surface area contributed by atoms with Gasteiger partial charge in [0.25, 0.3) is 0 Å². The maximum Gasteiger partial charge on any atom is 0.341 e. The highest BCUT2D eigenvalue weighted by Crippen LogP contribution is 2.34. The summed E-state index contributed by atoms with van der Waals surface area (Å²) in [6.45, 7) is 1.56. The lowest BCUT2D eigenvalue weighted by molar-refractivity contribution is 0.0696. The molecule has 5 nitrogen and oxygen atoms in total.